The van der Waals surface area contributed by atoms with Crippen LogP contribution < -0.4 is 5.32 Å². The fourth-order valence-corrected chi connectivity index (χ4v) is 2.93. The molecule has 0 radical (unpaired) electrons. The topological polar surface area (TPSA) is 63.1 Å². The molecule has 0 saturated heterocycles. The summed E-state index contributed by atoms with van der Waals surface area (Å²) in [5, 5.41) is 3.03. The number of imidazole rings is 1. The number of hydrogen-bond donors (Lipinski definition) is 1. The number of hydrogen-bond acceptors (Lipinski definition) is 4. The van der Waals surface area contributed by atoms with Gasteiger partial charge in [0.25, 0.3) is 0 Å². The molecule has 0 saturated carbocycles. The third kappa shape index (κ3) is 3.97. The number of aromatic nitrogens is 3. The summed E-state index contributed by atoms with van der Waals surface area (Å²) in [5.41, 5.74) is 1.96. The average Bonchev–Trinajstić information content (AvgIpc) is 3.07. The maximum absolute atomic E-state index is 12.7. The molecule has 0 fully saturated rings. The van der Waals surface area contributed by atoms with E-state index in [9.17, 15) is 4.79 Å². The molecule has 134 valence electrons. The van der Waals surface area contributed by atoms with Crippen molar-refractivity contribution in [3.63, 3.8) is 0 Å². The molecule has 1 atom stereocenters. The standard InChI is InChI=1S/C20H23N5O/c1-15-21-11-12-25(15)18-13-16(9-10-22-18)14-23-20(26)19(24(2)3)17-7-5-4-6-8-17/h4-13,19H,14H2,1-3H3,(H,23,26)/t19-/m0/s1. The number of carbonyl (C=O) groups excluding carboxylic acids is 1. The SMILES string of the molecule is Cc1nccn1-c1cc(CNC(=O)[C@H](c2ccccc2)N(C)C)ccn1. The second-order valence-corrected chi connectivity index (χ2v) is 6.36. The maximum Gasteiger partial charge on any atom is 0.242 e. The van der Waals surface area contributed by atoms with Gasteiger partial charge >= 0.3 is 0 Å². The lowest BCUT2D eigenvalue weighted by molar-refractivity contribution is -0.125. The number of nitrogens with zero attached hydrogens (tertiary/aromatic N) is 4. The van der Waals surface area contributed by atoms with Gasteiger partial charge in [-0.15, -0.1) is 0 Å². The number of amides is 1. The Morgan fingerprint density at radius 3 is 2.58 bits per heavy atom. The molecule has 0 spiro atoms. The first kappa shape index (κ1) is 17.8. The van der Waals surface area contributed by atoms with Crippen LogP contribution in [-0.4, -0.2) is 39.4 Å². The number of carbonyl (C=O) groups is 1. The summed E-state index contributed by atoms with van der Waals surface area (Å²) < 4.78 is 1.91. The van der Waals surface area contributed by atoms with E-state index in [0.717, 1.165) is 22.8 Å². The van der Waals surface area contributed by atoms with Gasteiger partial charge in [0.15, 0.2) is 0 Å². The highest BCUT2D eigenvalue weighted by Crippen LogP contribution is 2.18. The van der Waals surface area contributed by atoms with Gasteiger partial charge in [-0.25, -0.2) is 9.97 Å². The molecule has 6 heteroatoms. The van der Waals surface area contributed by atoms with E-state index in [0.29, 0.717) is 6.54 Å². The summed E-state index contributed by atoms with van der Waals surface area (Å²) >= 11 is 0. The van der Waals surface area contributed by atoms with E-state index in [4.69, 9.17) is 0 Å². The largest absolute Gasteiger partial charge is 0.350 e. The second kappa shape index (κ2) is 7.93. The zero-order chi connectivity index (χ0) is 18.5. The monoisotopic (exact) mass is 349 g/mol. The zero-order valence-corrected chi connectivity index (χ0v) is 15.3. The Morgan fingerprint density at radius 1 is 1.15 bits per heavy atom. The van der Waals surface area contributed by atoms with E-state index >= 15 is 0 Å². The van der Waals surface area contributed by atoms with Crippen molar-refractivity contribution in [2.45, 2.75) is 19.5 Å². The molecule has 6 nitrogen and oxygen atoms in total. The predicted molar refractivity (Wildman–Crippen MR) is 101 cm³/mol. The third-order valence-electron chi connectivity index (χ3n) is 4.23. The summed E-state index contributed by atoms with van der Waals surface area (Å²) in [4.78, 5) is 23.3. The highest BCUT2D eigenvalue weighted by atomic mass is 16.2. The molecular formula is C20H23N5O. The number of aryl methyl sites for hydroxylation is 1. The molecule has 2 aromatic heterocycles. The molecule has 0 unspecified atom stereocenters. The number of pyridine rings is 1. The molecule has 1 N–H and O–H groups in total. The minimum atomic E-state index is -0.326. The summed E-state index contributed by atoms with van der Waals surface area (Å²) in [6, 6.07) is 13.3. The lowest BCUT2D eigenvalue weighted by atomic mass is 10.1. The van der Waals surface area contributed by atoms with Crippen LogP contribution in [0.25, 0.3) is 5.82 Å². The highest BCUT2D eigenvalue weighted by molar-refractivity contribution is 5.83. The molecule has 2 heterocycles. The first-order chi connectivity index (χ1) is 12.6. The van der Waals surface area contributed by atoms with Crippen LogP contribution in [0.3, 0.4) is 0 Å². The van der Waals surface area contributed by atoms with Gasteiger partial charge in [-0.1, -0.05) is 30.3 Å². The van der Waals surface area contributed by atoms with Crippen molar-refractivity contribution < 1.29 is 4.79 Å². The van der Waals surface area contributed by atoms with Crippen molar-refractivity contribution in [2.75, 3.05) is 14.1 Å². The van der Waals surface area contributed by atoms with Crippen molar-refractivity contribution in [1.82, 2.24) is 24.8 Å². The smallest absolute Gasteiger partial charge is 0.242 e. The van der Waals surface area contributed by atoms with E-state index in [2.05, 4.69) is 15.3 Å². The molecule has 26 heavy (non-hydrogen) atoms. The first-order valence-corrected chi connectivity index (χ1v) is 8.50. The number of nitrogens with one attached hydrogen (secondary N) is 1. The van der Waals surface area contributed by atoms with Crippen LogP contribution in [0.2, 0.25) is 0 Å². The number of likely N-dealkylation sites (N-methyl/N-ethyl adjacent to an activating group) is 1. The zero-order valence-electron chi connectivity index (χ0n) is 15.3. The Kier molecular flexibility index (Phi) is 5.43. The molecule has 3 aromatic rings. The summed E-state index contributed by atoms with van der Waals surface area (Å²) in [7, 11) is 3.81. The normalized spacial score (nSPS) is 12.2. The third-order valence-corrected chi connectivity index (χ3v) is 4.23. The molecule has 0 aliphatic heterocycles. The predicted octanol–water partition coefficient (Wildman–Crippen LogP) is 2.49. The van der Waals surface area contributed by atoms with Crippen LogP contribution in [0.4, 0.5) is 0 Å². The highest BCUT2D eigenvalue weighted by Gasteiger charge is 2.22. The van der Waals surface area contributed by atoms with Crippen LogP contribution in [0, 0.1) is 6.92 Å². The van der Waals surface area contributed by atoms with Crippen molar-refractivity contribution in [3.05, 3.63) is 78.0 Å². The fourth-order valence-electron chi connectivity index (χ4n) is 2.93. The molecule has 0 aliphatic carbocycles. The van der Waals surface area contributed by atoms with E-state index in [1.807, 2.05) is 79.1 Å². The fraction of sp³-hybridized carbons (Fsp3) is 0.250. The van der Waals surface area contributed by atoms with Crippen LogP contribution >= 0.6 is 0 Å². The summed E-state index contributed by atoms with van der Waals surface area (Å²) in [6.07, 6.45) is 5.36. The minimum absolute atomic E-state index is 0.0293. The Balaban J connectivity index is 1.72. The van der Waals surface area contributed by atoms with Crippen LogP contribution in [-0.2, 0) is 11.3 Å². The second-order valence-electron chi connectivity index (χ2n) is 6.36. The molecule has 0 bridgehead atoms. The minimum Gasteiger partial charge on any atom is -0.350 e. The van der Waals surface area contributed by atoms with Gasteiger partial charge in [0.1, 0.15) is 17.7 Å². The van der Waals surface area contributed by atoms with Crippen molar-refractivity contribution in [3.8, 4) is 5.82 Å². The van der Waals surface area contributed by atoms with E-state index < -0.39 is 0 Å². The van der Waals surface area contributed by atoms with E-state index in [1.165, 1.54) is 0 Å². The molecule has 3 rings (SSSR count). The van der Waals surface area contributed by atoms with Crippen LogP contribution in [0.1, 0.15) is 23.0 Å². The lowest BCUT2D eigenvalue weighted by Gasteiger charge is -2.24. The maximum atomic E-state index is 12.7. The van der Waals surface area contributed by atoms with E-state index in [1.54, 1.807) is 12.4 Å². The molecule has 0 aliphatic rings. The molecule has 1 aromatic carbocycles. The van der Waals surface area contributed by atoms with Crippen molar-refractivity contribution >= 4 is 5.91 Å². The van der Waals surface area contributed by atoms with Gasteiger partial charge in [-0.3, -0.25) is 14.3 Å². The number of rotatable bonds is 6. The van der Waals surface area contributed by atoms with Crippen molar-refractivity contribution in [2.24, 2.45) is 0 Å². The van der Waals surface area contributed by atoms with Gasteiger partial charge in [-0.05, 0) is 44.3 Å². The number of benzene rings is 1. The van der Waals surface area contributed by atoms with Crippen LogP contribution in [0.15, 0.2) is 61.1 Å². The Labute approximate surface area is 153 Å². The quantitative estimate of drug-likeness (QED) is 0.743. The Morgan fingerprint density at radius 2 is 1.92 bits per heavy atom. The average molecular weight is 349 g/mol. The molecular weight excluding hydrogens is 326 g/mol. The van der Waals surface area contributed by atoms with Crippen molar-refractivity contribution in [1.29, 1.82) is 0 Å². The van der Waals surface area contributed by atoms with Crippen LogP contribution in [0.5, 0.6) is 0 Å². The van der Waals surface area contributed by atoms with Gasteiger partial charge in [-0.2, -0.15) is 0 Å². The Bertz CT molecular complexity index is 873. The van der Waals surface area contributed by atoms with Gasteiger partial charge in [0, 0.05) is 25.1 Å². The first-order valence-electron chi connectivity index (χ1n) is 8.50. The van der Waals surface area contributed by atoms with Gasteiger partial charge < -0.3 is 5.32 Å². The summed E-state index contributed by atoms with van der Waals surface area (Å²) in [6.45, 7) is 2.37. The Hall–Kier alpha value is -2.99. The summed E-state index contributed by atoms with van der Waals surface area (Å²) in [5.74, 6) is 1.63. The van der Waals surface area contributed by atoms with Gasteiger partial charge in [0.2, 0.25) is 5.91 Å². The molecule has 1 amide bonds. The van der Waals surface area contributed by atoms with E-state index in [-0.39, 0.29) is 11.9 Å². The van der Waals surface area contributed by atoms with Gasteiger partial charge in [0.05, 0.1) is 0 Å². The lowest BCUT2D eigenvalue weighted by Crippen LogP contribution is -2.36.